The molecule has 0 saturated heterocycles. The van der Waals surface area contributed by atoms with Crippen molar-refractivity contribution < 1.29 is 5.11 Å². The molecule has 0 aliphatic heterocycles. The van der Waals surface area contributed by atoms with Crippen LogP contribution in [-0.2, 0) is 6.54 Å². The van der Waals surface area contributed by atoms with E-state index in [-0.39, 0.29) is 10.8 Å². The highest BCUT2D eigenvalue weighted by molar-refractivity contribution is 9.10. The van der Waals surface area contributed by atoms with E-state index >= 15 is 0 Å². The zero-order valence-corrected chi connectivity index (χ0v) is 14.4. The summed E-state index contributed by atoms with van der Waals surface area (Å²) in [6.07, 6.45) is 1.52. The van der Waals surface area contributed by atoms with Crippen molar-refractivity contribution in [1.29, 1.82) is 0 Å². The van der Waals surface area contributed by atoms with Crippen molar-refractivity contribution >= 4 is 39.2 Å². The van der Waals surface area contributed by atoms with Crippen LogP contribution in [0.15, 0.2) is 68.9 Å². The van der Waals surface area contributed by atoms with Crippen molar-refractivity contribution in [3.8, 4) is 5.88 Å². The van der Waals surface area contributed by atoms with Gasteiger partial charge in [-0.1, -0.05) is 53.8 Å². The fourth-order valence-corrected chi connectivity index (χ4v) is 3.23. The maximum Gasteiger partial charge on any atom is 0.310 e. The standard InChI is InChI=1S/C17H13BrN2O2S/c18-13-8-4-5-9-14(13)19-10-15-16(21)20(17(22)23-15)11-12-6-2-1-3-7-12/h1-10,21H,11H2. The van der Waals surface area contributed by atoms with Gasteiger partial charge in [0.2, 0.25) is 5.88 Å². The Balaban J connectivity index is 1.89. The highest BCUT2D eigenvalue weighted by atomic mass is 79.9. The van der Waals surface area contributed by atoms with Gasteiger partial charge >= 0.3 is 4.87 Å². The molecule has 0 atom stereocenters. The number of nitrogens with zero attached hydrogens (tertiary/aromatic N) is 2. The molecule has 0 bridgehead atoms. The van der Waals surface area contributed by atoms with Gasteiger partial charge in [-0.25, -0.2) is 0 Å². The maximum atomic E-state index is 12.1. The van der Waals surface area contributed by atoms with E-state index in [2.05, 4.69) is 20.9 Å². The Morgan fingerprint density at radius 3 is 2.57 bits per heavy atom. The lowest BCUT2D eigenvalue weighted by Gasteiger charge is -2.03. The molecule has 3 aromatic rings. The number of thiazole rings is 1. The molecule has 0 amide bonds. The van der Waals surface area contributed by atoms with Crippen molar-refractivity contribution in [3.05, 3.63) is 79.2 Å². The number of aromatic nitrogens is 1. The lowest BCUT2D eigenvalue weighted by atomic mass is 10.2. The molecule has 4 nitrogen and oxygen atoms in total. The number of hydrogen-bond acceptors (Lipinski definition) is 4. The minimum Gasteiger partial charge on any atom is -0.493 e. The number of halogens is 1. The van der Waals surface area contributed by atoms with Crippen LogP contribution in [0.25, 0.3) is 0 Å². The average Bonchev–Trinajstić information content (AvgIpc) is 2.83. The zero-order chi connectivity index (χ0) is 16.2. The molecule has 116 valence electrons. The Labute approximate surface area is 145 Å². The number of aromatic hydroxyl groups is 1. The number of aliphatic imine (C=N–C) groups is 1. The van der Waals surface area contributed by atoms with Gasteiger partial charge in [0.05, 0.1) is 18.4 Å². The van der Waals surface area contributed by atoms with E-state index in [0.717, 1.165) is 27.1 Å². The molecule has 0 saturated carbocycles. The molecule has 0 aliphatic rings. The first-order valence-electron chi connectivity index (χ1n) is 6.90. The minimum absolute atomic E-state index is 0.0559. The van der Waals surface area contributed by atoms with E-state index < -0.39 is 0 Å². The molecule has 1 aromatic heterocycles. The summed E-state index contributed by atoms with van der Waals surface area (Å²) >= 11 is 4.39. The van der Waals surface area contributed by atoms with Crippen molar-refractivity contribution in [3.63, 3.8) is 0 Å². The van der Waals surface area contributed by atoms with Gasteiger partial charge < -0.3 is 5.11 Å². The molecule has 6 heteroatoms. The zero-order valence-electron chi connectivity index (χ0n) is 12.0. The maximum absolute atomic E-state index is 12.1. The Morgan fingerprint density at radius 1 is 1.13 bits per heavy atom. The monoisotopic (exact) mass is 388 g/mol. The van der Waals surface area contributed by atoms with Gasteiger partial charge in [-0.05, 0) is 33.6 Å². The molecule has 0 unspecified atom stereocenters. The average molecular weight is 389 g/mol. The molecule has 1 N–H and O–H groups in total. The van der Waals surface area contributed by atoms with Crippen LogP contribution in [-0.4, -0.2) is 15.9 Å². The lowest BCUT2D eigenvalue weighted by molar-refractivity contribution is 0.421. The molecule has 0 fully saturated rings. The summed E-state index contributed by atoms with van der Waals surface area (Å²) in [6, 6.07) is 17.1. The molecule has 0 aliphatic carbocycles. The second kappa shape index (κ2) is 6.93. The summed E-state index contributed by atoms with van der Waals surface area (Å²) in [4.78, 5) is 16.7. The van der Waals surface area contributed by atoms with E-state index in [1.807, 2.05) is 54.6 Å². The first-order chi connectivity index (χ1) is 11.1. The second-order valence-electron chi connectivity index (χ2n) is 4.84. The Kier molecular flexibility index (Phi) is 4.73. The van der Waals surface area contributed by atoms with Gasteiger partial charge in [0, 0.05) is 4.47 Å². The minimum atomic E-state index is -0.208. The van der Waals surface area contributed by atoms with Crippen LogP contribution in [0.3, 0.4) is 0 Å². The predicted octanol–water partition coefficient (Wildman–Crippen LogP) is 4.18. The van der Waals surface area contributed by atoms with Gasteiger partial charge in [0.25, 0.3) is 0 Å². The fourth-order valence-electron chi connectivity index (χ4n) is 2.09. The van der Waals surface area contributed by atoms with Gasteiger partial charge in [-0.3, -0.25) is 14.4 Å². The fraction of sp³-hybridized carbons (Fsp3) is 0.0588. The van der Waals surface area contributed by atoms with Crippen LogP contribution in [0.1, 0.15) is 10.4 Å². The third kappa shape index (κ3) is 3.60. The molecule has 0 radical (unpaired) electrons. The summed E-state index contributed by atoms with van der Waals surface area (Å²) in [6.45, 7) is 0.338. The molecular formula is C17H13BrN2O2S. The largest absolute Gasteiger partial charge is 0.493 e. The molecule has 2 aromatic carbocycles. The molecule has 3 rings (SSSR count). The van der Waals surface area contributed by atoms with Crippen LogP contribution < -0.4 is 4.87 Å². The van der Waals surface area contributed by atoms with E-state index in [1.165, 1.54) is 10.8 Å². The summed E-state index contributed by atoms with van der Waals surface area (Å²) in [7, 11) is 0. The van der Waals surface area contributed by atoms with Crippen molar-refractivity contribution in [2.75, 3.05) is 0 Å². The van der Waals surface area contributed by atoms with Gasteiger partial charge in [-0.2, -0.15) is 0 Å². The summed E-state index contributed by atoms with van der Waals surface area (Å²) in [5.41, 5.74) is 1.69. The third-order valence-electron chi connectivity index (χ3n) is 3.25. The van der Waals surface area contributed by atoms with E-state index in [0.29, 0.717) is 11.4 Å². The van der Waals surface area contributed by atoms with E-state index in [9.17, 15) is 9.90 Å². The number of rotatable bonds is 4. The number of benzene rings is 2. The first kappa shape index (κ1) is 15.7. The second-order valence-corrected chi connectivity index (χ2v) is 6.68. The quantitative estimate of drug-likeness (QED) is 0.681. The van der Waals surface area contributed by atoms with Gasteiger partial charge in [-0.15, -0.1) is 0 Å². The Morgan fingerprint density at radius 2 is 1.83 bits per heavy atom. The highest BCUT2D eigenvalue weighted by Gasteiger charge is 2.12. The normalized spacial score (nSPS) is 11.2. The molecule has 1 heterocycles. The van der Waals surface area contributed by atoms with Crippen molar-refractivity contribution in [2.24, 2.45) is 4.99 Å². The van der Waals surface area contributed by atoms with Crippen molar-refractivity contribution in [2.45, 2.75) is 6.54 Å². The summed E-state index contributed by atoms with van der Waals surface area (Å²) in [5, 5.41) is 10.3. The first-order valence-corrected chi connectivity index (χ1v) is 8.51. The van der Waals surface area contributed by atoms with Crippen molar-refractivity contribution in [1.82, 2.24) is 4.57 Å². The van der Waals surface area contributed by atoms with Gasteiger partial charge in [0.1, 0.15) is 4.88 Å². The van der Waals surface area contributed by atoms with Crippen LogP contribution in [0.2, 0.25) is 0 Å². The number of hydrogen-bond donors (Lipinski definition) is 1. The number of para-hydroxylation sites is 1. The smallest absolute Gasteiger partial charge is 0.310 e. The SMILES string of the molecule is O=c1sc(C=Nc2ccccc2Br)c(O)n1Cc1ccccc1. The van der Waals surface area contributed by atoms with Gasteiger partial charge in [0.15, 0.2) is 0 Å². The van der Waals surface area contributed by atoms with Crippen LogP contribution >= 0.6 is 27.3 Å². The van der Waals surface area contributed by atoms with Crippen LogP contribution in [0, 0.1) is 0 Å². The van der Waals surface area contributed by atoms with Crippen LogP contribution in [0.4, 0.5) is 5.69 Å². The summed E-state index contributed by atoms with van der Waals surface area (Å²) in [5.74, 6) is -0.0559. The topological polar surface area (TPSA) is 54.6 Å². The Bertz CT molecular complexity index is 900. The third-order valence-corrected chi connectivity index (χ3v) is 4.82. The molecule has 23 heavy (non-hydrogen) atoms. The molecular weight excluding hydrogens is 376 g/mol. The van der Waals surface area contributed by atoms with E-state index in [4.69, 9.17) is 0 Å². The Hall–Kier alpha value is -2.18. The van der Waals surface area contributed by atoms with Crippen LogP contribution in [0.5, 0.6) is 5.88 Å². The predicted molar refractivity (Wildman–Crippen MR) is 97.2 cm³/mol. The van der Waals surface area contributed by atoms with E-state index in [1.54, 1.807) is 0 Å². The summed E-state index contributed by atoms with van der Waals surface area (Å²) < 4.78 is 2.20. The lowest BCUT2D eigenvalue weighted by Crippen LogP contribution is -2.13. The highest BCUT2D eigenvalue weighted by Crippen LogP contribution is 2.25. The molecule has 0 spiro atoms.